The zero-order valence-electron chi connectivity index (χ0n) is 12.1. The van der Waals surface area contributed by atoms with Crippen molar-refractivity contribution < 1.29 is 9.18 Å². The number of rotatable bonds is 4. The third-order valence-electron chi connectivity index (χ3n) is 3.46. The molecule has 114 valence electrons. The van der Waals surface area contributed by atoms with Gasteiger partial charge in [0, 0.05) is 22.3 Å². The van der Waals surface area contributed by atoms with Crippen LogP contribution in [0.25, 0.3) is 10.8 Å². The lowest BCUT2D eigenvalue weighted by molar-refractivity contribution is 0.104. The average Bonchev–Trinajstić information content (AvgIpc) is 2.56. The summed E-state index contributed by atoms with van der Waals surface area (Å²) in [4.78, 5) is 12.4. The first-order chi connectivity index (χ1) is 11.1. The largest absolute Gasteiger partial charge is 0.359 e. The van der Waals surface area contributed by atoms with Crippen molar-refractivity contribution >= 4 is 38.2 Å². The molecule has 0 radical (unpaired) electrons. The minimum absolute atomic E-state index is 0.133. The maximum absolute atomic E-state index is 13.7. The van der Waals surface area contributed by atoms with Gasteiger partial charge < -0.3 is 5.32 Å². The normalized spacial score (nSPS) is 11.0. The van der Waals surface area contributed by atoms with Crippen LogP contribution in [0.5, 0.6) is 0 Å². The van der Waals surface area contributed by atoms with E-state index < -0.39 is 0 Å². The summed E-state index contributed by atoms with van der Waals surface area (Å²) in [5.41, 5.74) is 0.938. The van der Waals surface area contributed by atoms with E-state index in [0.29, 0.717) is 15.7 Å². The standard InChI is InChI=1S/C19H13BrFNO/c20-14-8-9-18(17(21)12-14)22-11-10-19(23)16-7-3-5-13-4-1-2-6-15(13)16/h1-12,22H/b11-10+. The van der Waals surface area contributed by atoms with Crippen LogP contribution in [0.2, 0.25) is 0 Å². The number of carbonyl (C=O) groups is 1. The summed E-state index contributed by atoms with van der Waals surface area (Å²) in [6.07, 6.45) is 2.86. The summed E-state index contributed by atoms with van der Waals surface area (Å²) in [5, 5.41) is 4.71. The number of fused-ring (bicyclic) bond motifs is 1. The number of hydrogen-bond donors (Lipinski definition) is 1. The Morgan fingerprint density at radius 2 is 1.83 bits per heavy atom. The molecular weight excluding hydrogens is 357 g/mol. The molecule has 0 fully saturated rings. The highest BCUT2D eigenvalue weighted by Gasteiger charge is 2.06. The Balaban J connectivity index is 1.80. The van der Waals surface area contributed by atoms with Gasteiger partial charge in [-0.1, -0.05) is 58.4 Å². The number of carbonyl (C=O) groups excluding carboxylic acids is 1. The van der Waals surface area contributed by atoms with Crippen molar-refractivity contribution in [3.63, 3.8) is 0 Å². The van der Waals surface area contributed by atoms with Gasteiger partial charge in [-0.3, -0.25) is 4.79 Å². The molecule has 4 heteroatoms. The quantitative estimate of drug-likeness (QED) is 0.482. The number of hydrogen-bond acceptors (Lipinski definition) is 2. The Morgan fingerprint density at radius 1 is 1.04 bits per heavy atom. The van der Waals surface area contributed by atoms with Crippen LogP contribution in [0, 0.1) is 5.82 Å². The van der Waals surface area contributed by atoms with Gasteiger partial charge in [-0.05, 0) is 29.0 Å². The highest BCUT2D eigenvalue weighted by atomic mass is 79.9. The fourth-order valence-corrected chi connectivity index (χ4v) is 2.68. The Hall–Kier alpha value is -2.46. The van der Waals surface area contributed by atoms with Gasteiger partial charge in [-0.15, -0.1) is 0 Å². The van der Waals surface area contributed by atoms with Crippen molar-refractivity contribution in [3.05, 3.63) is 88.8 Å². The molecule has 0 bridgehead atoms. The summed E-state index contributed by atoms with van der Waals surface area (Å²) in [6.45, 7) is 0. The Labute approximate surface area is 141 Å². The summed E-state index contributed by atoms with van der Waals surface area (Å²) in [7, 11) is 0. The number of anilines is 1. The van der Waals surface area contributed by atoms with Crippen molar-refractivity contribution in [2.75, 3.05) is 5.32 Å². The molecule has 3 rings (SSSR count). The summed E-state index contributed by atoms with van der Waals surface area (Å²) < 4.78 is 14.4. The molecule has 0 unspecified atom stereocenters. The van der Waals surface area contributed by atoms with E-state index in [0.717, 1.165) is 10.8 Å². The number of nitrogens with one attached hydrogen (secondary N) is 1. The van der Waals surface area contributed by atoms with Crippen LogP contribution in [0.4, 0.5) is 10.1 Å². The van der Waals surface area contributed by atoms with Gasteiger partial charge in [0.1, 0.15) is 5.82 Å². The van der Waals surface area contributed by atoms with E-state index in [1.54, 1.807) is 18.2 Å². The van der Waals surface area contributed by atoms with Crippen molar-refractivity contribution in [3.8, 4) is 0 Å². The van der Waals surface area contributed by atoms with E-state index in [2.05, 4.69) is 21.2 Å². The predicted octanol–water partition coefficient (Wildman–Crippen LogP) is 5.55. The highest BCUT2D eigenvalue weighted by Crippen LogP contribution is 2.21. The molecule has 0 aliphatic heterocycles. The molecule has 1 N–H and O–H groups in total. The minimum atomic E-state index is -0.387. The van der Waals surface area contributed by atoms with Crippen molar-refractivity contribution in [2.24, 2.45) is 0 Å². The molecule has 0 aliphatic carbocycles. The van der Waals surface area contributed by atoms with E-state index in [1.165, 1.54) is 18.3 Å². The molecule has 0 aromatic heterocycles. The Morgan fingerprint density at radius 3 is 2.65 bits per heavy atom. The van der Waals surface area contributed by atoms with Crippen molar-refractivity contribution in [1.82, 2.24) is 0 Å². The molecule has 0 saturated heterocycles. The third-order valence-corrected chi connectivity index (χ3v) is 3.95. The topological polar surface area (TPSA) is 29.1 Å². The lowest BCUT2D eigenvalue weighted by atomic mass is 10.0. The van der Waals surface area contributed by atoms with E-state index in [-0.39, 0.29) is 11.6 Å². The molecule has 3 aromatic carbocycles. The van der Waals surface area contributed by atoms with Crippen LogP contribution in [-0.2, 0) is 0 Å². The zero-order chi connectivity index (χ0) is 16.2. The number of halogens is 2. The molecule has 23 heavy (non-hydrogen) atoms. The molecule has 0 aliphatic rings. The van der Waals surface area contributed by atoms with E-state index in [4.69, 9.17) is 0 Å². The molecular formula is C19H13BrFNO. The van der Waals surface area contributed by atoms with Gasteiger partial charge >= 0.3 is 0 Å². The lowest BCUT2D eigenvalue weighted by Gasteiger charge is -2.04. The molecule has 0 heterocycles. The van der Waals surface area contributed by atoms with E-state index in [1.807, 2.05) is 36.4 Å². The van der Waals surface area contributed by atoms with Gasteiger partial charge in [0.2, 0.25) is 0 Å². The minimum Gasteiger partial charge on any atom is -0.359 e. The second kappa shape index (κ2) is 6.75. The SMILES string of the molecule is O=C(/C=C/Nc1ccc(Br)cc1F)c1cccc2ccccc12. The fourth-order valence-electron chi connectivity index (χ4n) is 2.34. The van der Waals surface area contributed by atoms with Gasteiger partial charge in [0.15, 0.2) is 5.78 Å². The zero-order valence-corrected chi connectivity index (χ0v) is 13.7. The number of benzene rings is 3. The summed E-state index contributed by atoms with van der Waals surface area (Å²) >= 11 is 3.20. The van der Waals surface area contributed by atoms with Gasteiger partial charge in [-0.2, -0.15) is 0 Å². The maximum Gasteiger partial charge on any atom is 0.187 e. The smallest absolute Gasteiger partial charge is 0.187 e. The van der Waals surface area contributed by atoms with Crippen LogP contribution in [-0.4, -0.2) is 5.78 Å². The molecule has 0 amide bonds. The average molecular weight is 370 g/mol. The molecule has 0 saturated carbocycles. The summed E-state index contributed by atoms with van der Waals surface area (Å²) in [6, 6.07) is 18.0. The molecule has 0 spiro atoms. The fraction of sp³-hybridized carbons (Fsp3) is 0. The van der Waals surface area contributed by atoms with Crippen LogP contribution in [0.1, 0.15) is 10.4 Å². The summed E-state index contributed by atoms with van der Waals surface area (Å²) in [5.74, 6) is -0.520. The molecule has 0 atom stereocenters. The number of allylic oxidation sites excluding steroid dienone is 1. The van der Waals surface area contributed by atoms with E-state index in [9.17, 15) is 9.18 Å². The van der Waals surface area contributed by atoms with Crippen molar-refractivity contribution in [1.29, 1.82) is 0 Å². The highest BCUT2D eigenvalue weighted by molar-refractivity contribution is 9.10. The van der Waals surface area contributed by atoms with Gasteiger partial charge in [-0.25, -0.2) is 4.39 Å². The van der Waals surface area contributed by atoms with Crippen LogP contribution in [0.15, 0.2) is 77.4 Å². The van der Waals surface area contributed by atoms with Crippen LogP contribution < -0.4 is 5.32 Å². The molecule has 3 aromatic rings. The monoisotopic (exact) mass is 369 g/mol. The lowest BCUT2D eigenvalue weighted by Crippen LogP contribution is -1.98. The predicted molar refractivity (Wildman–Crippen MR) is 95.1 cm³/mol. The first kappa shape index (κ1) is 15.4. The number of ketones is 1. The first-order valence-electron chi connectivity index (χ1n) is 7.05. The third kappa shape index (κ3) is 3.48. The van der Waals surface area contributed by atoms with E-state index >= 15 is 0 Å². The second-order valence-corrected chi connectivity index (χ2v) is 5.91. The van der Waals surface area contributed by atoms with Crippen LogP contribution in [0.3, 0.4) is 0 Å². The maximum atomic E-state index is 13.7. The van der Waals surface area contributed by atoms with Crippen molar-refractivity contribution in [2.45, 2.75) is 0 Å². The molecule has 2 nitrogen and oxygen atoms in total. The van der Waals surface area contributed by atoms with Crippen LogP contribution >= 0.6 is 15.9 Å². The Kier molecular flexibility index (Phi) is 4.53. The Bertz CT molecular complexity index is 900. The second-order valence-electron chi connectivity index (χ2n) is 4.99. The van der Waals surface area contributed by atoms with Gasteiger partial charge in [0.05, 0.1) is 5.69 Å². The van der Waals surface area contributed by atoms with Gasteiger partial charge in [0.25, 0.3) is 0 Å². The first-order valence-corrected chi connectivity index (χ1v) is 7.85.